The van der Waals surface area contributed by atoms with Crippen LogP contribution in [-0.4, -0.2) is 11.1 Å². The first-order valence-corrected chi connectivity index (χ1v) is 1.84. The highest BCUT2D eigenvalue weighted by atomic mass is 19.6. The first-order valence-electron chi connectivity index (χ1n) is 1.84. The number of hydrogen-bond donors (Lipinski definition) is 1. The molecule has 1 N–H and O–H groups in total. The van der Waals surface area contributed by atoms with Crippen LogP contribution in [-0.2, 0) is 9.94 Å². The van der Waals surface area contributed by atoms with Crippen molar-refractivity contribution in [3.8, 4) is 0 Å². The van der Waals surface area contributed by atoms with Crippen molar-refractivity contribution in [1.82, 2.24) is 0 Å². The lowest BCUT2D eigenvalue weighted by molar-refractivity contribution is -0.317. The van der Waals surface area contributed by atoms with Crippen molar-refractivity contribution in [2.75, 3.05) is 0 Å². The number of halogens is 2. The molecular weight excluding hydrogens is 134 g/mol. The maximum Gasteiger partial charge on any atom is 0.330 e. The molecule has 0 amide bonds. The fourth-order valence-electron chi connectivity index (χ4n) is 0. The predicted molar refractivity (Wildman–Crippen MR) is 25.8 cm³/mol. The number of carbonyl (C=O) groups is 1. The molecule has 0 aromatic carbocycles. The van der Waals surface area contributed by atoms with Gasteiger partial charge in [-0.3, -0.25) is 0 Å². The molecule has 0 aliphatic heterocycles. The Bertz CT molecular complexity index is 90.0. The van der Waals surface area contributed by atoms with Crippen LogP contribution < -0.4 is 0 Å². The lowest BCUT2D eigenvalue weighted by Gasteiger charge is -1.79. The Labute approximate surface area is 50.4 Å². The van der Waals surface area contributed by atoms with Gasteiger partial charge in [-0.05, 0) is 16.0 Å². The van der Waals surface area contributed by atoms with Crippen LogP contribution in [0.2, 0.25) is 0 Å². The Morgan fingerprint density at radius 1 is 1.67 bits per heavy atom. The van der Waals surface area contributed by atoms with Gasteiger partial charge < -0.3 is 5.11 Å². The molecule has 0 spiro atoms. The van der Waals surface area contributed by atoms with E-state index in [2.05, 4.69) is 6.58 Å². The first kappa shape index (κ1) is 10.9. The van der Waals surface area contributed by atoms with Crippen molar-refractivity contribution in [2.24, 2.45) is 0 Å². The van der Waals surface area contributed by atoms with Gasteiger partial charge in [0, 0.05) is 10.7 Å². The molecule has 0 fully saturated rings. The van der Waals surface area contributed by atoms with Gasteiger partial charge in [-0.2, -0.15) is 0 Å². The maximum atomic E-state index is 9.60. The Balaban J connectivity index is 0. The fourth-order valence-corrected chi connectivity index (χ4v) is 0. The average molecular weight is 140 g/mol. The molecule has 3 nitrogen and oxygen atoms in total. The maximum absolute atomic E-state index is 9.60. The lowest BCUT2D eigenvalue weighted by atomic mass is 10.4. The van der Waals surface area contributed by atoms with E-state index < -0.39 is 5.97 Å². The number of rotatable bonds is 1. The van der Waals surface area contributed by atoms with Crippen LogP contribution in [0.15, 0.2) is 12.2 Å². The van der Waals surface area contributed by atoms with Crippen LogP contribution in [0, 0.1) is 0 Å². The zero-order valence-corrected chi connectivity index (χ0v) is 4.73. The number of carboxylic acids is 1. The van der Waals surface area contributed by atoms with Crippen molar-refractivity contribution in [3.63, 3.8) is 0 Å². The summed E-state index contributed by atoms with van der Waals surface area (Å²) in [7, 11) is 0. The normalized spacial score (nSPS) is 7.00. The van der Waals surface area contributed by atoms with Gasteiger partial charge >= 0.3 is 5.97 Å². The lowest BCUT2D eigenvalue weighted by Crippen LogP contribution is -1.92. The minimum absolute atomic E-state index is 0.176. The number of carboxylic acid groups (broad SMARTS) is 1. The molecule has 0 rings (SSSR count). The van der Waals surface area contributed by atoms with Crippen molar-refractivity contribution in [3.05, 3.63) is 12.2 Å². The highest BCUT2D eigenvalue weighted by Crippen LogP contribution is 1.81. The van der Waals surface area contributed by atoms with Crippen LogP contribution in [0.25, 0.3) is 0 Å². The first-order chi connectivity index (χ1) is 4.06. The van der Waals surface area contributed by atoms with Crippen LogP contribution >= 0.6 is 0 Å². The zero-order valence-electron chi connectivity index (χ0n) is 4.73. The van der Waals surface area contributed by atoms with Gasteiger partial charge in [-0.15, -0.1) is 0 Å². The molecule has 0 unspecified atom stereocenters. The minimum Gasteiger partial charge on any atom is -0.478 e. The summed E-state index contributed by atoms with van der Waals surface area (Å²) >= 11 is 0. The number of hydrogen-bond acceptors (Lipinski definition) is 2. The van der Waals surface area contributed by atoms with E-state index in [4.69, 9.17) is 14.2 Å². The van der Waals surface area contributed by atoms with E-state index in [9.17, 15) is 4.79 Å². The highest BCUT2D eigenvalue weighted by Gasteiger charge is 1.90. The van der Waals surface area contributed by atoms with Crippen LogP contribution in [0.3, 0.4) is 0 Å². The summed E-state index contributed by atoms with van der Waals surface area (Å²) in [5.74, 6) is -0.935. The van der Waals surface area contributed by atoms with Gasteiger partial charge in [0.25, 0.3) is 0 Å². The van der Waals surface area contributed by atoms with E-state index in [-0.39, 0.29) is 5.57 Å². The highest BCUT2D eigenvalue weighted by molar-refractivity contribution is 5.84. The molecule has 0 saturated carbocycles. The monoisotopic (exact) mass is 140 g/mol. The average Bonchev–Trinajstić information content (AvgIpc) is 1.68. The molecule has 0 aliphatic carbocycles. The van der Waals surface area contributed by atoms with Gasteiger partial charge in [-0.25, -0.2) is 4.79 Å². The molecule has 0 saturated heterocycles. The molecule has 0 atom stereocenters. The molecule has 9 heavy (non-hydrogen) atoms. The molecule has 54 valence electrons. The minimum atomic E-state index is -0.935. The summed E-state index contributed by atoms with van der Waals surface area (Å²) in [6, 6.07) is 0. The molecule has 0 bridgehead atoms. The molecule has 0 aliphatic rings. The molecule has 0 aromatic rings. The standard InChI is InChI=1S/C4H6O2.F2O/c1-3(2)4(5)6;1-3-2/h1H2,2H3,(H,5,6);. The zero-order chi connectivity index (χ0) is 7.86. The quantitative estimate of drug-likeness (QED) is 0.560. The summed E-state index contributed by atoms with van der Waals surface area (Å²) < 4.78 is 18.2. The second-order valence-electron chi connectivity index (χ2n) is 1.14. The van der Waals surface area contributed by atoms with Crippen LogP contribution in [0.1, 0.15) is 6.92 Å². The third-order valence-electron chi connectivity index (χ3n) is 0.365. The van der Waals surface area contributed by atoms with E-state index in [0.29, 0.717) is 0 Å². The summed E-state index contributed by atoms with van der Waals surface area (Å²) in [6.07, 6.45) is 0. The molecule has 0 aromatic heterocycles. The van der Waals surface area contributed by atoms with E-state index in [1.165, 1.54) is 12.1 Å². The van der Waals surface area contributed by atoms with Gasteiger partial charge in [0.05, 0.1) is 0 Å². The fraction of sp³-hybridized carbons (Fsp3) is 0.250. The van der Waals surface area contributed by atoms with Gasteiger partial charge in [-0.1, -0.05) is 6.58 Å². The van der Waals surface area contributed by atoms with E-state index >= 15 is 0 Å². The third kappa shape index (κ3) is 19.4. The predicted octanol–water partition coefficient (Wildman–Crippen LogP) is 1.42. The Morgan fingerprint density at radius 2 is 1.78 bits per heavy atom. The van der Waals surface area contributed by atoms with Gasteiger partial charge in [0.1, 0.15) is 0 Å². The van der Waals surface area contributed by atoms with Crippen molar-refractivity contribution < 1.29 is 24.1 Å². The SMILES string of the molecule is C=C(C)C(=O)O.FOF. The molecule has 0 heterocycles. The van der Waals surface area contributed by atoms with Crippen molar-refractivity contribution >= 4 is 5.97 Å². The Morgan fingerprint density at radius 3 is 1.78 bits per heavy atom. The molecular formula is C4H6F2O3. The van der Waals surface area contributed by atoms with Crippen LogP contribution in [0.4, 0.5) is 9.05 Å². The second kappa shape index (κ2) is 7.03. The molecule has 0 radical (unpaired) electrons. The summed E-state index contributed by atoms with van der Waals surface area (Å²) in [5.41, 5.74) is 0.176. The van der Waals surface area contributed by atoms with Gasteiger partial charge in [0.2, 0.25) is 0 Å². The van der Waals surface area contributed by atoms with E-state index in [1.54, 1.807) is 0 Å². The van der Waals surface area contributed by atoms with Crippen molar-refractivity contribution in [1.29, 1.82) is 0 Å². The number of aliphatic carboxylic acids is 1. The van der Waals surface area contributed by atoms with E-state index in [1.807, 2.05) is 0 Å². The third-order valence-corrected chi connectivity index (χ3v) is 0.365. The largest absolute Gasteiger partial charge is 0.478 e. The Hall–Kier alpha value is -0.970. The smallest absolute Gasteiger partial charge is 0.330 e. The summed E-state index contributed by atoms with van der Waals surface area (Å²) in [5, 5.41) is 9.14. The van der Waals surface area contributed by atoms with Gasteiger partial charge in [0.15, 0.2) is 0 Å². The van der Waals surface area contributed by atoms with Crippen LogP contribution in [0.5, 0.6) is 0 Å². The topological polar surface area (TPSA) is 46.5 Å². The summed E-state index contributed by atoms with van der Waals surface area (Å²) in [4.78, 5) is 9.60. The second-order valence-corrected chi connectivity index (χ2v) is 1.14. The van der Waals surface area contributed by atoms with Crippen molar-refractivity contribution in [2.45, 2.75) is 6.92 Å². The van der Waals surface area contributed by atoms with E-state index in [0.717, 1.165) is 0 Å². The summed E-state index contributed by atoms with van der Waals surface area (Å²) in [6.45, 7) is 4.60. The Kier molecular flexibility index (Phi) is 8.53. The molecule has 5 heteroatoms.